The summed E-state index contributed by atoms with van der Waals surface area (Å²) in [6, 6.07) is 5.44. The van der Waals surface area contributed by atoms with Gasteiger partial charge in [-0.3, -0.25) is 19.4 Å². The molecule has 1 atom stereocenters. The van der Waals surface area contributed by atoms with E-state index in [2.05, 4.69) is 26.7 Å². The number of aryl methyl sites for hydroxylation is 2. The van der Waals surface area contributed by atoms with Crippen LogP contribution in [0.4, 0.5) is 10.2 Å². The number of pyridine rings is 1. The molecule has 5 aromatic rings. The quantitative estimate of drug-likeness (QED) is 0.234. The van der Waals surface area contributed by atoms with E-state index in [1.165, 1.54) is 22.4 Å². The average Bonchev–Trinajstić information content (AvgIpc) is 3.44. The number of fused-ring (bicyclic) bond motifs is 3. The van der Waals surface area contributed by atoms with E-state index in [0.29, 0.717) is 58.4 Å². The molecule has 12 heteroatoms. The Morgan fingerprint density at radius 1 is 1.20 bits per heavy atom. The van der Waals surface area contributed by atoms with Gasteiger partial charge in [-0.05, 0) is 49.1 Å². The summed E-state index contributed by atoms with van der Waals surface area (Å²) in [4.78, 5) is 40.6. The maximum atomic E-state index is 17.7. The van der Waals surface area contributed by atoms with E-state index in [-0.39, 0.29) is 34.0 Å². The topological polar surface area (TPSA) is 100 Å². The third-order valence-electron chi connectivity index (χ3n) is 8.82. The Kier molecular flexibility index (Phi) is 7.20. The lowest BCUT2D eigenvalue weighted by Crippen LogP contribution is -2.56. The summed E-state index contributed by atoms with van der Waals surface area (Å²) in [7, 11) is 0. The van der Waals surface area contributed by atoms with Gasteiger partial charge in [0.15, 0.2) is 5.82 Å². The van der Waals surface area contributed by atoms with Gasteiger partial charge in [-0.1, -0.05) is 38.1 Å². The van der Waals surface area contributed by atoms with Gasteiger partial charge < -0.3 is 9.80 Å². The molecule has 5 heterocycles. The molecule has 230 valence electrons. The minimum absolute atomic E-state index is 0.0531. The first-order valence-corrected chi connectivity index (χ1v) is 16.2. The number of nitrogens with one attached hydrogen (secondary N) is 1. The molecule has 45 heavy (non-hydrogen) atoms. The Morgan fingerprint density at radius 2 is 2.00 bits per heavy atom. The molecule has 2 aliphatic rings. The molecule has 1 fully saturated rings. The number of benzene rings is 2. The predicted octanol–water partition coefficient (Wildman–Crippen LogP) is 6.17. The number of halogens is 2. The first-order valence-electron chi connectivity index (χ1n) is 14.8. The number of aromatic amines is 1. The highest BCUT2D eigenvalue weighted by Gasteiger charge is 2.38. The van der Waals surface area contributed by atoms with Crippen LogP contribution in [0.2, 0.25) is 5.02 Å². The van der Waals surface area contributed by atoms with Gasteiger partial charge in [0, 0.05) is 53.0 Å². The van der Waals surface area contributed by atoms with E-state index >= 15 is 4.39 Å². The van der Waals surface area contributed by atoms with E-state index < -0.39 is 11.5 Å². The van der Waals surface area contributed by atoms with Crippen LogP contribution in [-0.4, -0.2) is 67.0 Å². The monoisotopic (exact) mass is 643 g/mol. The van der Waals surface area contributed by atoms with Crippen molar-refractivity contribution in [2.24, 2.45) is 0 Å². The number of carbonyl (C=O) groups excluding carboxylic acids is 1. The molecule has 9 nitrogen and oxygen atoms in total. The SMILES string of the molecule is C=CC(=O)N1CCN2c3nc(=O)n(-c4c(C)ccnc4C(C)C)c4c(F)c(-c5c(C)ccc6[nH]ncc56)c(Cl)c(c34)SCC2C1. The lowest BCUT2D eigenvalue weighted by atomic mass is 9.94. The maximum Gasteiger partial charge on any atom is 0.354 e. The zero-order chi connectivity index (χ0) is 31.7. The minimum atomic E-state index is -0.617. The first kappa shape index (κ1) is 29.5. The van der Waals surface area contributed by atoms with E-state index in [1.807, 2.05) is 50.8 Å². The number of nitrogens with zero attached hydrogens (tertiary/aromatic N) is 6. The summed E-state index contributed by atoms with van der Waals surface area (Å²) in [5.41, 5.74) is 3.82. The molecule has 0 aliphatic carbocycles. The highest BCUT2D eigenvalue weighted by atomic mass is 35.5. The van der Waals surface area contributed by atoms with Gasteiger partial charge in [0.05, 0.1) is 45.1 Å². The fourth-order valence-corrected chi connectivity index (χ4v) is 8.31. The zero-order valence-electron chi connectivity index (χ0n) is 25.3. The van der Waals surface area contributed by atoms with Crippen LogP contribution in [0.3, 0.4) is 0 Å². The number of aromatic nitrogens is 5. The summed E-state index contributed by atoms with van der Waals surface area (Å²) in [5, 5.41) is 8.65. The van der Waals surface area contributed by atoms with Gasteiger partial charge >= 0.3 is 5.69 Å². The van der Waals surface area contributed by atoms with Crippen molar-refractivity contribution in [1.29, 1.82) is 0 Å². The van der Waals surface area contributed by atoms with Crippen molar-refractivity contribution < 1.29 is 9.18 Å². The van der Waals surface area contributed by atoms with Gasteiger partial charge in [-0.25, -0.2) is 9.18 Å². The van der Waals surface area contributed by atoms with Crippen molar-refractivity contribution in [2.45, 2.75) is 44.6 Å². The number of anilines is 1. The second-order valence-electron chi connectivity index (χ2n) is 11.9. The van der Waals surface area contributed by atoms with Crippen molar-refractivity contribution >= 4 is 56.9 Å². The van der Waals surface area contributed by atoms with Crippen LogP contribution in [0, 0.1) is 19.7 Å². The van der Waals surface area contributed by atoms with Crippen molar-refractivity contribution in [1.82, 2.24) is 29.6 Å². The fourth-order valence-electron chi connectivity index (χ4n) is 6.66. The predicted molar refractivity (Wildman–Crippen MR) is 177 cm³/mol. The molecular formula is C33H31ClFN7O2S. The van der Waals surface area contributed by atoms with Gasteiger partial charge in [-0.2, -0.15) is 10.1 Å². The number of thioether (sulfide) groups is 1. The van der Waals surface area contributed by atoms with Gasteiger partial charge in [0.2, 0.25) is 5.91 Å². The largest absolute Gasteiger partial charge is 0.354 e. The molecule has 1 saturated heterocycles. The third kappa shape index (κ3) is 4.46. The highest BCUT2D eigenvalue weighted by Crippen LogP contribution is 2.50. The van der Waals surface area contributed by atoms with Crippen LogP contribution in [0.1, 0.15) is 36.6 Å². The summed E-state index contributed by atoms with van der Waals surface area (Å²) in [6.07, 6.45) is 4.68. The summed E-state index contributed by atoms with van der Waals surface area (Å²) in [5.74, 6) is 0.0959. The summed E-state index contributed by atoms with van der Waals surface area (Å²) >= 11 is 8.77. The normalized spacial score (nSPS) is 16.4. The van der Waals surface area contributed by atoms with Gasteiger partial charge in [-0.15, -0.1) is 11.8 Å². The average molecular weight is 644 g/mol. The molecule has 2 aromatic carbocycles. The second kappa shape index (κ2) is 11.0. The van der Waals surface area contributed by atoms with E-state index in [9.17, 15) is 9.59 Å². The van der Waals surface area contributed by atoms with Crippen molar-refractivity contribution in [3.05, 3.63) is 81.4 Å². The van der Waals surface area contributed by atoms with Crippen LogP contribution in [0.5, 0.6) is 0 Å². The Balaban J connectivity index is 1.62. The van der Waals surface area contributed by atoms with Crippen molar-refractivity contribution in [2.75, 3.05) is 30.3 Å². The smallest absolute Gasteiger partial charge is 0.348 e. The number of hydrogen-bond donors (Lipinski definition) is 1. The van der Waals surface area contributed by atoms with Crippen LogP contribution in [-0.2, 0) is 4.79 Å². The molecule has 1 N–H and O–H groups in total. The zero-order valence-corrected chi connectivity index (χ0v) is 26.9. The molecule has 1 amide bonds. The van der Waals surface area contributed by atoms with Crippen LogP contribution in [0.15, 0.2) is 52.9 Å². The van der Waals surface area contributed by atoms with E-state index in [1.54, 1.807) is 17.3 Å². The number of H-pyrrole nitrogens is 1. The number of piperazine rings is 1. The molecule has 2 aliphatic heterocycles. The first-order chi connectivity index (χ1) is 21.6. The Morgan fingerprint density at radius 3 is 2.76 bits per heavy atom. The summed E-state index contributed by atoms with van der Waals surface area (Å²) < 4.78 is 19.1. The second-order valence-corrected chi connectivity index (χ2v) is 13.3. The molecule has 0 radical (unpaired) electrons. The standard InChI is InChI=1S/C33H31ClFN7O2S/c1-6-22(43)40-11-12-41-19(14-40)15-45-31-25-30(27(35)24(26(31)34)23-17(4)7-8-21-20(23)13-37-39-21)42(33(44)38-32(25)41)29-18(5)9-10-36-28(29)16(2)3/h6-10,13,16,19H,1,11-12,14-15H2,2-5H3,(H,37,39). The molecule has 3 aromatic heterocycles. The number of amides is 1. The van der Waals surface area contributed by atoms with E-state index in [0.717, 1.165) is 22.0 Å². The molecule has 0 spiro atoms. The highest BCUT2D eigenvalue weighted by molar-refractivity contribution is 7.99. The number of rotatable bonds is 4. The lowest BCUT2D eigenvalue weighted by Gasteiger charge is -2.41. The molecular weight excluding hydrogens is 613 g/mol. The van der Waals surface area contributed by atoms with Crippen LogP contribution >= 0.6 is 23.4 Å². The molecule has 1 unspecified atom stereocenters. The van der Waals surface area contributed by atoms with E-state index in [4.69, 9.17) is 11.6 Å². The molecule has 0 saturated carbocycles. The Bertz CT molecular complexity index is 2120. The molecule has 0 bridgehead atoms. The van der Waals surface area contributed by atoms with Crippen LogP contribution in [0.25, 0.3) is 38.6 Å². The third-order valence-corrected chi connectivity index (χ3v) is 10.6. The fraction of sp³-hybridized carbons (Fsp3) is 0.303. The van der Waals surface area contributed by atoms with Gasteiger partial charge in [0.1, 0.15) is 5.82 Å². The summed E-state index contributed by atoms with van der Waals surface area (Å²) in [6.45, 7) is 12.7. The lowest BCUT2D eigenvalue weighted by molar-refractivity contribution is -0.126. The molecule has 7 rings (SSSR count). The van der Waals surface area contributed by atoms with Crippen molar-refractivity contribution in [3.63, 3.8) is 0 Å². The van der Waals surface area contributed by atoms with Crippen LogP contribution < -0.4 is 10.6 Å². The Hall–Kier alpha value is -4.22. The number of hydrogen-bond acceptors (Lipinski definition) is 7. The minimum Gasteiger partial charge on any atom is -0.348 e. The number of carbonyl (C=O) groups is 1. The van der Waals surface area contributed by atoms with Gasteiger partial charge in [0.25, 0.3) is 0 Å². The van der Waals surface area contributed by atoms with Crippen molar-refractivity contribution in [3.8, 4) is 16.8 Å². The Labute approximate surface area is 268 Å². The maximum absolute atomic E-state index is 17.7.